The molecule has 0 spiro atoms. The third kappa shape index (κ3) is 3.23. The average Bonchev–Trinajstić information content (AvgIpc) is 2.28. The van der Waals surface area contributed by atoms with Crippen molar-refractivity contribution in [3.05, 3.63) is 35.4 Å². The maximum Gasteiger partial charge on any atom is 0.126 e. The Hall–Kier alpha value is -1.00. The van der Waals surface area contributed by atoms with Gasteiger partial charge in [-0.25, -0.2) is 8.78 Å². The lowest BCUT2D eigenvalue weighted by atomic mass is 10.1. The van der Waals surface area contributed by atoms with Crippen molar-refractivity contribution in [2.75, 3.05) is 19.6 Å². The average molecular weight is 240 g/mol. The van der Waals surface area contributed by atoms with Gasteiger partial charge >= 0.3 is 0 Å². The Bertz CT molecular complexity index is 361. The molecule has 0 saturated carbocycles. The number of nitrogens with zero attached hydrogens (tertiary/aromatic N) is 1. The fourth-order valence-corrected chi connectivity index (χ4v) is 2.35. The molecule has 1 unspecified atom stereocenters. The molecule has 0 aromatic heterocycles. The van der Waals surface area contributed by atoms with Gasteiger partial charge in [-0.2, -0.15) is 0 Å². The molecule has 2 rings (SSSR count). The van der Waals surface area contributed by atoms with Gasteiger partial charge in [-0.3, -0.25) is 4.90 Å². The maximum atomic E-state index is 13.1. The molecule has 1 heterocycles. The van der Waals surface area contributed by atoms with E-state index >= 15 is 0 Å². The summed E-state index contributed by atoms with van der Waals surface area (Å²) >= 11 is 0. The summed E-state index contributed by atoms with van der Waals surface area (Å²) in [5, 5.41) is 3.33. The predicted molar refractivity (Wildman–Crippen MR) is 63.7 cm³/mol. The van der Waals surface area contributed by atoms with E-state index in [2.05, 4.69) is 17.1 Å². The Balaban J connectivity index is 2.08. The van der Waals surface area contributed by atoms with Crippen molar-refractivity contribution in [3.8, 4) is 0 Å². The molecule has 1 saturated heterocycles. The Labute approximate surface area is 101 Å². The second-order valence-electron chi connectivity index (χ2n) is 4.51. The lowest BCUT2D eigenvalue weighted by Crippen LogP contribution is -2.50. The minimum absolute atomic E-state index is 0.454. The van der Waals surface area contributed by atoms with Crippen LogP contribution >= 0.6 is 0 Å². The Morgan fingerprint density at radius 2 is 2.00 bits per heavy atom. The van der Waals surface area contributed by atoms with Crippen molar-refractivity contribution < 1.29 is 8.78 Å². The summed E-state index contributed by atoms with van der Waals surface area (Å²) in [5.74, 6) is -0.994. The van der Waals surface area contributed by atoms with Crippen LogP contribution in [0.4, 0.5) is 8.78 Å². The van der Waals surface area contributed by atoms with E-state index in [0.29, 0.717) is 18.2 Å². The van der Waals surface area contributed by atoms with Crippen LogP contribution in [-0.4, -0.2) is 30.6 Å². The highest BCUT2D eigenvalue weighted by Crippen LogP contribution is 2.14. The van der Waals surface area contributed by atoms with Crippen LogP contribution in [0.1, 0.15) is 18.9 Å². The molecule has 1 fully saturated rings. The van der Waals surface area contributed by atoms with Crippen LogP contribution in [0.15, 0.2) is 18.2 Å². The Kier molecular flexibility index (Phi) is 4.07. The predicted octanol–water partition coefficient (Wildman–Crippen LogP) is 2.15. The number of hydrogen-bond acceptors (Lipinski definition) is 2. The van der Waals surface area contributed by atoms with Crippen LogP contribution in [0.5, 0.6) is 0 Å². The fourth-order valence-electron chi connectivity index (χ4n) is 2.35. The SMILES string of the molecule is CCC1CNCCN1Cc1cc(F)cc(F)c1. The van der Waals surface area contributed by atoms with Gasteiger partial charge in [0, 0.05) is 38.3 Å². The van der Waals surface area contributed by atoms with Crippen LogP contribution in [0.2, 0.25) is 0 Å². The molecular formula is C13H18F2N2. The van der Waals surface area contributed by atoms with Gasteiger partial charge in [-0.1, -0.05) is 6.92 Å². The summed E-state index contributed by atoms with van der Waals surface area (Å²) in [6.07, 6.45) is 1.05. The van der Waals surface area contributed by atoms with Crippen LogP contribution < -0.4 is 5.32 Å². The highest BCUT2D eigenvalue weighted by atomic mass is 19.1. The first-order chi connectivity index (χ1) is 8.19. The van der Waals surface area contributed by atoms with E-state index in [9.17, 15) is 8.78 Å². The van der Waals surface area contributed by atoms with Gasteiger partial charge < -0.3 is 5.32 Å². The first kappa shape index (κ1) is 12.5. The van der Waals surface area contributed by atoms with E-state index in [0.717, 1.165) is 32.1 Å². The number of piperazine rings is 1. The fraction of sp³-hybridized carbons (Fsp3) is 0.538. The molecule has 4 heteroatoms. The topological polar surface area (TPSA) is 15.3 Å². The second kappa shape index (κ2) is 5.56. The molecule has 0 radical (unpaired) electrons. The van der Waals surface area contributed by atoms with Gasteiger partial charge in [0.15, 0.2) is 0 Å². The third-order valence-electron chi connectivity index (χ3n) is 3.25. The van der Waals surface area contributed by atoms with E-state index < -0.39 is 11.6 Å². The molecular weight excluding hydrogens is 222 g/mol. The zero-order valence-electron chi connectivity index (χ0n) is 10.0. The van der Waals surface area contributed by atoms with E-state index in [-0.39, 0.29) is 0 Å². The summed E-state index contributed by atoms with van der Waals surface area (Å²) in [5.41, 5.74) is 0.711. The second-order valence-corrected chi connectivity index (χ2v) is 4.51. The normalized spacial score (nSPS) is 21.7. The summed E-state index contributed by atoms with van der Waals surface area (Å²) < 4.78 is 26.2. The maximum absolute atomic E-state index is 13.1. The zero-order chi connectivity index (χ0) is 12.3. The number of hydrogen-bond donors (Lipinski definition) is 1. The first-order valence-corrected chi connectivity index (χ1v) is 6.08. The van der Waals surface area contributed by atoms with Gasteiger partial charge in [0.1, 0.15) is 11.6 Å². The van der Waals surface area contributed by atoms with E-state index in [1.165, 1.54) is 12.1 Å². The van der Waals surface area contributed by atoms with Crippen LogP contribution in [0.3, 0.4) is 0 Å². The molecule has 1 aromatic carbocycles. The molecule has 0 amide bonds. The summed E-state index contributed by atoms with van der Waals surface area (Å²) in [6.45, 7) is 5.57. The van der Waals surface area contributed by atoms with Crippen molar-refractivity contribution in [2.45, 2.75) is 25.9 Å². The summed E-state index contributed by atoms with van der Waals surface area (Å²) in [4.78, 5) is 2.28. The van der Waals surface area contributed by atoms with E-state index in [1.54, 1.807) is 0 Å². The molecule has 2 nitrogen and oxygen atoms in total. The minimum Gasteiger partial charge on any atom is -0.314 e. The van der Waals surface area contributed by atoms with Crippen molar-refractivity contribution in [1.29, 1.82) is 0 Å². The molecule has 1 aromatic rings. The van der Waals surface area contributed by atoms with E-state index in [1.807, 2.05) is 0 Å². The van der Waals surface area contributed by atoms with Crippen molar-refractivity contribution in [3.63, 3.8) is 0 Å². The van der Waals surface area contributed by atoms with Crippen LogP contribution in [0, 0.1) is 11.6 Å². The van der Waals surface area contributed by atoms with Gasteiger partial charge in [0.2, 0.25) is 0 Å². The first-order valence-electron chi connectivity index (χ1n) is 6.08. The number of benzene rings is 1. The smallest absolute Gasteiger partial charge is 0.126 e. The molecule has 1 aliphatic rings. The summed E-state index contributed by atoms with van der Waals surface area (Å²) in [7, 11) is 0. The minimum atomic E-state index is -0.497. The lowest BCUT2D eigenvalue weighted by molar-refractivity contribution is 0.149. The number of rotatable bonds is 3. The third-order valence-corrected chi connectivity index (χ3v) is 3.25. The van der Waals surface area contributed by atoms with Crippen molar-refractivity contribution in [2.24, 2.45) is 0 Å². The molecule has 0 bridgehead atoms. The highest BCUT2D eigenvalue weighted by molar-refractivity contribution is 5.18. The lowest BCUT2D eigenvalue weighted by Gasteiger charge is -2.35. The van der Waals surface area contributed by atoms with Gasteiger partial charge in [0.05, 0.1) is 0 Å². The Morgan fingerprint density at radius 3 is 2.65 bits per heavy atom. The van der Waals surface area contributed by atoms with Crippen molar-refractivity contribution >= 4 is 0 Å². The van der Waals surface area contributed by atoms with Gasteiger partial charge in [-0.15, -0.1) is 0 Å². The van der Waals surface area contributed by atoms with Gasteiger partial charge in [-0.05, 0) is 24.1 Å². The van der Waals surface area contributed by atoms with Crippen LogP contribution in [-0.2, 0) is 6.54 Å². The highest BCUT2D eigenvalue weighted by Gasteiger charge is 2.20. The molecule has 17 heavy (non-hydrogen) atoms. The Morgan fingerprint density at radius 1 is 1.29 bits per heavy atom. The van der Waals surface area contributed by atoms with Crippen LogP contribution in [0.25, 0.3) is 0 Å². The monoisotopic (exact) mass is 240 g/mol. The quantitative estimate of drug-likeness (QED) is 0.871. The van der Waals surface area contributed by atoms with Crippen molar-refractivity contribution in [1.82, 2.24) is 10.2 Å². The standard InChI is InChI=1S/C13H18F2N2/c1-2-13-8-16-3-4-17(13)9-10-5-11(14)7-12(15)6-10/h5-7,13,16H,2-4,8-9H2,1H3. The number of nitrogens with one attached hydrogen (secondary N) is 1. The molecule has 1 atom stereocenters. The number of halogens is 2. The summed E-state index contributed by atoms with van der Waals surface area (Å²) in [6, 6.07) is 4.20. The molecule has 1 aliphatic heterocycles. The largest absolute Gasteiger partial charge is 0.314 e. The zero-order valence-corrected chi connectivity index (χ0v) is 10.0. The van der Waals surface area contributed by atoms with Gasteiger partial charge in [0.25, 0.3) is 0 Å². The van der Waals surface area contributed by atoms with E-state index in [4.69, 9.17) is 0 Å². The molecule has 94 valence electrons. The molecule has 0 aliphatic carbocycles. The molecule has 1 N–H and O–H groups in total.